The normalized spacial score (nSPS) is 22.1. The van der Waals surface area contributed by atoms with Crippen LogP contribution < -0.4 is 5.32 Å². The van der Waals surface area contributed by atoms with Gasteiger partial charge in [0.1, 0.15) is 0 Å². The molecule has 0 saturated carbocycles. The molecule has 0 spiro atoms. The van der Waals surface area contributed by atoms with E-state index < -0.39 is 0 Å². The summed E-state index contributed by atoms with van der Waals surface area (Å²) in [5, 5.41) is 3.60. The Morgan fingerprint density at radius 1 is 1.22 bits per heavy atom. The van der Waals surface area contributed by atoms with Gasteiger partial charge in [-0.1, -0.05) is 30.3 Å². The first-order valence-electron chi connectivity index (χ1n) is 10.1. The molecule has 2 fully saturated rings. The van der Waals surface area contributed by atoms with Gasteiger partial charge in [-0.15, -0.1) is 24.0 Å². The molecule has 2 aliphatic heterocycles. The lowest BCUT2D eigenvalue weighted by atomic mass is 10.2. The van der Waals surface area contributed by atoms with Crippen molar-refractivity contribution in [3.8, 4) is 0 Å². The van der Waals surface area contributed by atoms with Gasteiger partial charge in [-0.25, -0.2) is 0 Å². The summed E-state index contributed by atoms with van der Waals surface area (Å²) in [6.07, 6.45) is 4.01. The minimum Gasteiger partial charge on any atom is -0.355 e. The number of likely N-dealkylation sites (N-methyl/N-ethyl adjacent to an activating group) is 1. The Hall–Kier alpha value is -0.860. The predicted octanol–water partition coefficient (Wildman–Crippen LogP) is 2.87. The molecule has 0 aromatic heterocycles. The molecule has 5 nitrogen and oxygen atoms in total. The summed E-state index contributed by atoms with van der Waals surface area (Å²) in [7, 11) is 4.10. The van der Waals surface area contributed by atoms with Crippen molar-refractivity contribution in [3.63, 3.8) is 0 Å². The third kappa shape index (κ3) is 6.32. The Balaban J connectivity index is 0.00000261. The van der Waals surface area contributed by atoms with Crippen molar-refractivity contribution in [1.29, 1.82) is 0 Å². The van der Waals surface area contributed by atoms with Gasteiger partial charge in [0.2, 0.25) is 0 Å². The van der Waals surface area contributed by atoms with Crippen LogP contribution in [0.3, 0.4) is 0 Å². The molecule has 2 saturated heterocycles. The number of benzene rings is 1. The number of nitrogens with zero attached hydrogens (tertiary/aromatic N) is 4. The van der Waals surface area contributed by atoms with Gasteiger partial charge < -0.3 is 10.2 Å². The third-order valence-corrected chi connectivity index (χ3v) is 5.91. The summed E-state index contributed by atoms with van der Waals surface area (Å²) in [4.78, 5) is 12.0. The average molecular weight is 485 g/mol. The van der Waals surface area contributed by atoms with E-state index in [9.17, 15) is 0 Å². The van der Waals surface area contributed by atoms with Gasteiger partial charge >= 0.3 is 0 Å². The van der Waals surface area contributed by atoms with Crippen molar-refractivity contribution >= 4 is 29.9 Å². The SMILES string of the molecule is CN=C(NCC(C)N(C)Cc1ccccc1)N1CCC(N2CCCC2)C1.I. The first-order chi connectivity index (χ1) is 12.7. The second kappa shape index (κ2) is 11.2. The van der Waals surface area contributed by atoms with E-state index in [1.165, 1.54) is 37.9 Å². The summed E-state index contributed by atoms with van der Waals surface area (Å²) in [6.45, 7) is 8.98. The number of rotatable bonds is 6. The fourth-order valence-electron chi connectivity index (χ4n) is 4.09. The van der Waals surface area contributed by atoms with E-state index in [-0.39, 0.29) is 24.0 Å². The van der Waals surface area contributed by atoms with Gasteiger partial charge in [-0.05, 0) is 51.9 Å². The topological polar surface area (TPSA) is 34.1 Å². The van der Waals surface area contributed by atoms with Gasteiger partial charge in [-0.3, -0.25) is 14.8 Å². The largest absolute Gasteiger partial charge is 0.355 e. The number of halogens is 1. The van der Waals surface area contributed by atoms with Crippen LogP contribution in [0.1, 0.15) is 31.7 Å². The zero-order chi connectivity index (χ0) is 18.4. The van der Waals surface area contributed by atoms with Crippen LogP contribution in [0.25, 0.3) is 0 Å². The molecule has 2 aliphatic rings. The van der Waals surface area contributed by atoms with Crippen molar-refractivity contribution in [2.24, 2.45) is 4.99 Å². The van der Waals surface area contributed by atoms with E-state index in [0.29, 0.717) is 12.1 Å². The minimum absolute atomic E-state index is 0. The highest BCUT2D eigenvalue weighted by Gasteiger charge is 2.30. The Labute approximate surface area is 182 Å². The number of nitrogens with one attached hydrogen (secondary N) is 1. The predicted molar refractivity (Wildman–Crippen MR) is 125 cm³/mol. The molecule has 0 radical (unpaired) electrons. The van der Waals surface area contributed by atoms with Crippen molar-refractivity contribution in [1.82, 2.24) is 20.0 Å². The van der Waals surface area contributed by atoms with Crippen LogP contribution in [0.4, 0.5) is 0 Å². The van der Waals surface area contributed by atoms with E-state index in [1.807, 2.05) is 7.05 Å². The lowest BCUT2D eigenvalue weighted by Crippen LogP contribution is -2.47. The van der Waals surface area contributed by atoms with Gasteiger partial charge in [0.15, 0.2) is 5.96 Å². The number of hydrogen-bond donors (Lipinski definition) is 1. The maximum absolute atomic E-state index is 4.54. The Morgan fingerprint density at radius 3 is 2.59 bits per heavy atom. The van der Waals surface area contributed by atoms with Crippen molar-refractivity contribution in [3.05, 3.63) is 35.9 Å². The van der Waals surface area contributed by atoms with Crippen LogP contribution in [0.15, 0.2) is 35.3 Å². The molecule has 27 heavy (non-hydrogen) atoms. The highest BCUT2D eigenvalue weighted by atomic mass is 127. The van der Waals surface area contributed by atoms with Crippen LogP contribution in [-0.2, 0) is 6.54 Å². The molecular formula is C21H36IN5. The van der Waals surface area contributed by atoms with Gasteiger partial charge in [0, 0.05) is 45.3 Å². The molecule has 1 aromatic rings. The van der Waals surface area contributed by atoms with Crippen LogP contribution in [-0.4, -0.2) is 79.6 Å². The molecule has 152 valence electrons. The van der Waals surface area contributed by atoms with Gasteiger partial charge in [0.05, 0.1) is 0 Å². The quantitative estimate of drug-likeness (QED) is 0.382. The lowest BCUT2D eigenvalue weighted by molar-refractivity contribution is 0.243. The summed E-state index contributed by atoms with van der Waals surface area (Å²) in [5.41, 5.74) is 1.36. The number of likely N-dealkylation sites (tertiary alicyclic amines) is 2. The maximum atomic E-state index is 4.54. The van der Waals surface area contributed by atoms with Crippen LogP contribution >= 0.6 is 24.0 Å². The van der Waals surface area contributed by atoms with E-state index in [2.05, 4.69) is 69.3 Å². The molecule has 0 aliphatic carbocycles. The molecular weight excluding hydrogens is 449 g/mol. The Morgan fingerprint density at radius 2 is 1.93 bits per heavy atom. The fourth-order valence-corrected chi connectivity index (χ4v) is 4.09. The first kappa shape index (κ1) is 22.4. The van der Waals surface area contributed by atoms with Crippen molar-refractivity contribution < 1.29 is 0 Å². The first-order valence-corrected chi connectivity index (χ1v) is 10.1. The standard InChI is InChI=1S/C21H35N5.HI/c1-18(24(3)16-19-9-5-4-6-10-19)15-23-21(22-2)26-14-11-20(17-26)25-12-7-8-13-25;/h4-6,9-10,18,20H,7-8,11-17H2,1-3H3,(H,22,23);1H. The zero-order valence-corrected chi connectivity index (χ0v) is 19.4. The molecule has 2 heterocycles. The van der Waals surface area contributed by atoms with Gasteiger partial charge in [-0.2, -0.15) is 0 Å². The van der Waals surface area contributed by atoms with Crippen molar-refractivity contribution in [2.45, 2.75) is 44.8 Å². The van der Waals surface area contributed by atoms with E-state index >= 15 is 0 Å². The number of guanidine groups is 1. The lowest BCUT2D eigenvalue weighted by Gasteiger charge is -2.28. The zero-order valence-electron chi connectivity index (χ0n) is 17.1. The molecule has 1 N–H and O–H groups in total. The second-order valence-electron chi connectivity index (χ2n) is 7.81. The van der Waals surface area contributed by atoms with Crippen LogP contribution in [0.2, 0.25) is 0 Å². The molecule has 3 rings (SSSR count). The molecule has 2 unspecified atom stereocenters. The number of hydrogen-bond acceptors (Lipinski definition) is 3. The van der Waals surface area contributed by atoms with E-state index in [4.69, 9.17) is 0 Å². The molecule has 2 atom stereocenters. The molecule has 1 aromatic carbocycles. The van der Waals surface area contributed by atoms with Crippen molar-refractivity contribution in [2.75, 3.05) is 46.8 Å². The fraction of sp³-hybridized carbons (Fsp3) is 0.667. The Bertz CT molecular complexity index is 573. The van der Waals surface area contributed by atoms with Gasteiger partial charge in [0.25, 0.3) is 0 Å². The van der Waals surface area contributed by atoms with E-state index in [0.717, 1.165) is 32.1 Å². The molecule has 6 heteroatoms. The maximum Gasteiger partial charge on any atom is 0.193 e. The molecule has 0 amide bonds. The summed E-state index contributed by atoms with van der Waals surface area (Å²) >= 11 is 0. The summed E-state index contributed by atoms with van der Waals surface area (Å²) in [6, 6.07) is 11.8. The van der Waals surface area contributed by atoms with Crippen LogP contribution in [0, 0.1) is 0 Å². The highest BCUT2D eigenvalue weighted by molar-refractivity contribution is 14.0. The average Bonchev–Trinajstić information content (AvgIpc) is 3.34. The second-order valence-corrected chi connectivity index (χ2v) is 7.81. The monoisotopic (exact) mass is 485 g/mol. The third-order valence-electron chi connectivity index (χ3n) is 5.91. The van der Waals surface area contributed by atoms with E-state index in [1.54, 1.807) is 0 Å². The summed E-state index contributed by atoms with van der Waals surface area (Å²) < 4.78 is 0. The number of aliphatic imine (C=N–C) groups is 1. The minimum atomic E-state index is 0. The highest BCUT2D eigenvalue weighted by Crippen LogP contribution is 2.20. The molecule has 0 bridgehead atoms. The summed E-state index contributed by atoms with van der Waals surface area (Å²) in [5.74, 6) is 1.06. The smallest absolute Gasteiger partial charge is 0.193 e. The Kier molecular flexibility index (Phi) is 9.32. The van der Waals surface area contributed by atoms with Crippen LogP contribution in [0.5, 0.6) is 0 Å².